The van der Waals surface area contributed by atoms with Crippen LogP contribution in [0.25, 0.3) is 10.6 Å². The molecular formula is C13H6BrClFNS. The maximum atomic E-state index is 13.7. The largest absolute Gasteiger partial charge is 0.206 e. The molecule has 90 valence electrons. The van der Waals surface area contributed by atoms with E-state index in [1.165, 1.54) is 17.4 Å². The van der Waals surface area contributed by atoms with Crippen LogP contribution in [0.4, 0.5) is 4.39 Å². The summed E-state index contributed by atoms with van der Waals surface area (Å²) in [6, 6.07) is 10.1. The highest BCUT2D eigenvalue weighted by Gasteiger charge is 2.14. The van der Waals surface area contributed by atoms with Crippen LogP contribution < -0.4 is 0 Å². The summed E-state index contributed by atoms with van der Waals surface area (Å²) in [5.41, 5.74) is 0.500. The third-order valence-electron chi connectivity index (χ3n) is 2.26. The Morgan fingerprint density at radius 1 is 1.39 bits per heavy atom. The summed E-state index contributed by atoms with van der Waals surface area (Å²) in [6.45, 7) is 0. The van der Waals surface area contributed by atoms with E-state index in [0.29, 0.717) is 4.47 Å². The van der Waals surface area contributed by atoms with Gasteiger partial charge in [-0.25, -0.2) is 4.39 Å². The predicted molar refractivity (Wildman–Crippen MR) is 76.7 cm³/mol. The van der Waals surface area contributed by atoms with Crippen LogP contribution in [0.5, 0.6) is 0 Å². The minimum Gasteiger partial charge on any atom is -0.206 e. The summed E-state index contributed by atoms with van der Waals surface area (Å²) < 4.78 is 14.4. The molecule has 0 aliphatic rings. The van der Waals surface area contributed by atoms with Gasteiger partial charge in [0.2, 0.25) is 0 Å². The number of hydrogen-bond donors (Lipinski definition) is 0. The van der Waals surface area contributed by atoms with Crippen molar-refractivity contribution in [3.63, 3.8) is 0 Å². The molecule has 0 unspecified atom stereocenters. The molecule has 18 heavy (non-hydrogen) atoms. The van der Waals surface area contributed by atoms with Crippen molar-refractivity contribution in [1.29, 1.82) is 5.26 Å². The van der Waals surface area contributed by atoms with Gasteiger partial charge in [-0.05, 0) is 29.6 Å². The second-order valence-corrected chi connectivity index (χ2v) is 5.64. The lowest BCUT2D eigenvalue weighted by molar-refractivity contribution is 0.624. The molecule has 0 aliphatic heterocycles. The highest BCUT2D eigenvalue weighted by molar-refractivity contribution is 9.10. The van der Waals surface area contributed by atoms with Crippen molar-refractivity contribution in [2.45, 2.75) is 0 Å². The van der Waals surface area contributed by atoms with E-state index in [1.54, 1.807) is 18.2 Å². The van der Waals surface area contributed by atoms with Crippen molar-refractivity contribution in [1.82, 2.24) is 0 Å². The van der Waals surface area contributed by atoms with Crippen molar-refractivity contribution >= 4 is 49.5 Å². The summed E-state index contributed by atoms with van der Waals surface area (Å²) in [7, 11) is 0. The molecule has 1 heterocycles. The Morgan fingerprint density at radius 2 is 2.17 bits per heavy atom. The fourth-order valence-corrected chi connectivity index (χ4v) is 2.87. The van der Waals surface area contributed by atoms with Gasteiger partial charge in [0.25, 0.3) is 0 Å². The van der Waals surface area contributed by atoms with Crippen molar-refractivity contribution in [3.05, 3.63) is 56.4 Å². The van der Waals surface area contributed by atoms with Crippen LogP contribution in [0, 0.1) is 17.1 Å². The van der Waals surface area contributed by atoms with Crippen molar-refractivity contribution in [2.75, 3.05) is 0 Å². The molecule has 0 atom stereocenters. The molecule has 0 N–H and O–H groups in total. The zero-order valence-corrected chi connectivity index (χ0v) is 12.1. The molecule has 0 saturated carbocycles. The molecule has 2 aromatic rings. The second-order valence-electron chi connectivity index (χ2n) is 3.40. The molecule has 0 fully saturated rings. The average molecular weight is 343 g/mol. The Kier molecular flexibility index (Phi) is 4.18. The van der Waals surface area contributed by atoms with Crippen LogP contribution in [0.15, 0.2) is 40.2 Å². The number of halogens is 3. The van der Waals surface area contributed by atoms with Gasteiger partial charge in [-0.1, -0.05) is 33.6 Å². The molecule has 2 rings (SSSR count). The number of nitrogens with zero attached hydrogens (tertiary/aromatic N) is 1. The van der Waals surface area contributed by atoms with Gasteiger partial charge >= 0.3 is 0 Å². The smallest absolute Gasteiger partial charge is 0.132 e. The first-order chi connectivity index (χ1) is 8.63. The normalized spacial score (nSPS) is 11.9. The second kappa shape index (κ2) is 5.66. The van der Waals surface area contributed by atoms with E-state index >= 15 is 0 Å². The van der Waals surface area contributed by atoms with Crippen LogP contribution in [0.2, 0.25) is 0 Å². The SMILES string of the molecule is N#CC(=C(Cl)c1cc(Br)ccc1F)c1cccs1. The van der Waals surface area contributed by atoms with Crippen LogP contribution in [-0.2, 0) is 0 Å². The lowest BCUT2D eigenvalue weighted by Gasteiger charge is -2.04. The number of benzene rings is 1. The maximum Gasteiger partial charge on any atom is 0.132 e. The summed E-state index contributed by atoms with van der Waals surface area (Å²) in [6.07, 6.45) is 0. The highest BCUT2D eigenvalue weighted by atomic mass is 79.9. The minimum atomic E-state index is -0.451. The molecule has 5 heteroatoms. The Labute approximate surface area is 121 Å². The van der Waals surface area contributed by atoms with E-state index in [2.05, 4.69) is 15.9 Å². The molecule has 0 saturated heterocycles. The minimum absolute atomic E-state index is 0.124. The van der Waals surface area contributed by atoms with Gasteiger partial charge in [-0.3, -0.25) is 0 Å². The maximum absolute atomic E-state index is 13.7. The van der Waals surface area contributed by atoms with Crippen molar-refractivity contribution < 1.29 is 4.39 Å². The van der Waals surface area contributed by atoms with Crippen LogP contribution in [0.1, 0.15) is 10.4 Å². The Morgan fingerprint density at radius 3 is 2.78 bits per heavy atom. The van der Waals surface area contributed by atoms with Crippen molar-refractivity contribution in [3.8, 4) is 6.07 Å². The summed E-state index contributed by atoms with van der Waals surface area (Å²) in [5, 5.41) is 11.1. The molecule has 0 spiro atoms. The number of allylic oxidation sites excluding steroid dienone is 1. The molecule has 1 nitrogen and oxygen atoms in total. The number of rotatable bonds is 2. The van der Waals surface area contributed by atoms with Gasteiger partial charge < -0.3 is 0 Å². The van der Waals surface area contributed by atoms with Crippen LogP contribution in [0.3, 0.4) is 0 Å². The molecule has 0 radical (unpaired) electrons. The zero-order chi connectivity index (χ0) is 13.1. The van der Waals surface area contributed by atoms with Gasteiger partial charge in [0.05, 0.1) is 10.6 Å². The fraction of sp³-hybridized carbons (Fsp3) is 0. The summed E-state index contributed by atoms with van der Waals surface area (Å²) in [4.78, 5) is 0.724. The van der Waals surface area contributed by atoms with Crippen LogP contribution >= 0.6 is 38.9 Å². The highest BCUT2D eigenvalue weighted by Crippen LogP contribution is 2.33. The molecule has 0 aliphatic carbocycles. The Balaban J connectivity index is 2.62. The first kappa shape index (κ1) is 13.3. The molecule has 0 amide bonds. The number of thiophene rings is 1. The number of nitriles is 1. The van der Waals surface area contributed by atoms with E-state index in [-0.39, 0.29) is 16.2 Å². The van der Waals surface area contributed by atoms with Gasteiger partial charge in [0, 0.05) is 14.9 Å². The average Bonchev–Trinajstić information content (AvgIpc) is 2.87. The molecule has 0 bridgehead atoms. The van der Waals surface area contributed by atoms with E-state index < -0.39 is 5.82 Å². The van der Waals surface area contributed by atoms with Crippen molar-refractivity contribution in [2.24, 2.45) is 0 Å². The van der Waals surface area contributed by atoms with E-state index in [0.717, 1.165) is 4.88 Å². The zero-order valence-electron chi connectivity index (χ0n) is 8.95. The van der Waals surface area contributed by atoms with Gasteiger partial charge in [0.1, 0.15) is 11.9 Å². The molecule has 1 aromatic heterocycles. The van der Waals surface area contributed by atoms with E-state index in [1.807, 2.05) is 17.5 Å². The Hall–Kier alpha value is -1.15. The molecule has 1 aromatic carbocycles. The van der Waals surface area contributed by atoms with E-state index in [9.17, 15) is 4.39 Å². The lowest BCUT2D eigenvalue weighted by Crippen LogP contribution is -1.88. The fourth-order valence-electron chi connectivity index (χ4n) is 1.43. The first-order valence-corrected chi connectivity index (χ1v) is 6.97. The Bertz CT molecular complexity index is 644. The molecular weight excluding hydrogens is 337 g/mol. The third-order valence-corrected chi connectivity index (χ3v) is 4.04. The quantitative estimate of drug-likeness (QED) is 0.681. The predicted octanol–water partition coefficient (Wildman–Crippen LogP) is 5.28. The summed E-state index contributed by atoms with van der Waals surface area (Å²) in [5.74, 6) is -0.451. The number of hydrogen-bond acceptors (Lipinski definition) is 2. The standard InChI is InChI=1S/C13H6BrClFNS/c14-8-3-4-11(16)9(6-8)13(15)10(7-17)12-2-1-5-18-12/h1-6H. The first-order valence-electron chi connectivity index (χ1n) is 4.92. The monoisotopic (exact) mass is 341 g/mol. The third kappa shape index (κ3) is 2.64. The lowest BCUT2D eigenvalue weighted by atomic mass is 10.1. The van der Waals surface area contributed by atoms with Gasteiger partial charge in [-0.15, -0.1) is 11.3 Å². The topological polar surface area (TPSA) is 23.8 Å². The van der Waals surface area contributed by atoms with Crippen LogP contribution in [-0.4, -0.2) is 0 Å². The van der Waals surface area contributed by atoms with E-state index in [4.69, 9.17) is 16.9 Å². The van der Waals surface area contributed by atoms with Gasteiger partial charge in [-0.2, -0.15) is 5.26 Å². The summed E-state index contributed by atoms with van der Waals surface area (Å²) >= 11 is 10.8. The van der Waals surface area contributed by atoms with Gasteiger partial charge in [0.15, 0.2) is 0 Å².